The average molecular weight is 325 g/mol. The Hall–Kier alpha value is -0.620. The summed E-state index contributed by atoms with van der Waals surface area (Å²) in [6.45, 7) is 2.64. The van der Waals surface area contributed by atoms with E-state index in [9.17, 15) is 13.2 Å². The molecule has 0 aliphatic carbocycles. The summed E-state index contributed by atoms with van der Waals surface area (Å²) in [6, 6.07) is 1.80. The standard InChI is InChI=1S/C12H16BrF3N2/c1-2-18-11(4-3-5-12(14,15)16)9-6-10(13)8-17-7-9/h6-8,11,18H,2-5H2,1H3. The van der Waals surface area contributed by atoms with Crippen LogP contribution < -0.4 is 5.32 Å². The summed E-state index contributed by atoms with van der Waals surface area (Å²) in [5.74, 6) is 0. The highest BCUT2D eigenvalue weighted by Crippen LogP contribution is 2.26. The molecule has 18 heavy (non-hydrogen) atoms. The number of nitrogens with one attached hydrogen (secondary N) is 1. The van der Waals surface area contributed by atoms with Crippen molar-refractivity contribution in [3.05, 3.63) is 28.5 Å². The third-order valence-corrected chi connectivity index (χ3v) is 2.97. The Kier molecular flexibility index (Phi) is 6.08. The van der Waals surface area contributed by atoms with Gasteiger partial charge in [-0.1, -0.05) is 6.92 Å². The van der Waals surface area contributed by atoms with Crippen molar-refractivity contribution in [3.8, 4) is 0 Å². The molecule has 1 aromatic heterocycles. The SMILES string of the molecule is CCNC(CCCC(F)(F)F)c1cncc(Br)c1. The first-order valence-corrected chi connectivity index (χ1v) is 6.62. The zero-order valence-electron chi connectivity index (χ0n) is 10.1. The molecule has 1 heterocycles. The predicted molar refractivity (Wildman–Crippen MR) is 68.3 cm³/mol. The van der Waals surface area contributed by atoms with E-state index in [0.29, 0.717) is 13.0 Å². The highest BCUT2D eigenvalue weighted by atomic mass is 79.9. The third kappa shape index (κ3) is 5.82. The number of hydrogen-bond donors (Lipinski definition) is 1. The van der Waals surface area contributed by atoms with Gasteiger partial charge in [-0.25, -0.2) is 0 Å². The van der Waals surface area contributed by atoms with E-state index in [1.807, 2.05) is 13.0 Å². The molecule has 0 spiro atoms. The van der Waals surface area contributed by atoms with Gasteiger partial charge in [0.05, 0.1) is 0 Å². The molecule has 0 amide bonds. The number of halogens is 4. The molecule has 6 heteroatoms. The van der Waals surface area contributed by atoms with Crippen molar-refractivity contribution < 1.29 is 13.2 Å². The van der Waals surface area contributed by atoms with Crippen molar-refractivity contribution >= 4 is 15.9 Å². The monoisotopic (exact) mass is 324 g/mol. The lowest BCUT2D eigenvalue weighted by Crippen LogP contribution is -2.21. The maximum absolute atomic E-state index is 12.1. The first-order valence-electron chi connectivity index (χ1n) is 5.83. The van der Waals surface area contributed by atoms with Gasteiger partial charge in [0, 0.05) is 29.3 Å². The quantitative estimate of drug-likeness (QED) is 0.847. The van der Waals surface area contributed by atoms with Gasteiger partial charge in [0.1, 0.15) is 0 Å². The van der Waals surface area contributed by atoms with Gasteiger partial charge in [-0.2, -0.15) is 13.2 Å². The van der Waals surface area contributed by atoms with E-state index in [1.54, 1.807) is 12.4 Å². The van der Waals surface area contributed by atoms with Crippen LogP contribution in [0, 0.1) is 0 Å². The molecule has 1 unspecified atom stereocenters. The third-order valence-electron chi connectivity index (χ3n) is 2.53. The Balaban J connectivity index is 2.60. The minimum absolute atomic E-state index is 0.0812. The fourth-order valence-electron chi connectivity index (χ4n) is 1.76. The van der Waals surface area contributed by atoms with Crippen LogP contribution in [0.25, 0.3) is 0 Å². The highest BCUT2D eigenvalue weighted by molar-refractivity contribution is 9.10. The zero-order valence-corrected chi connectivity index (χ0v) is 11.7. The summed E-state index contributed by atoms with van der Waals surface area (Å²) in [5.41, 5.74) is 0.911. The second-order valence-electron chi connectivity index (χ2n) is 4.05. The van der Waals surface area contributed by atoms with Crippen molar-refractivity contribution in [2.24, 2.45) is 0 Å². The minimum Gasteiger partial charge on any atom is -0.310 e. The van der Waals surface area contributed by atoms with Crippen LogP contribution in [0.15, 0.2) is 22.9 Å². The molecule has 1 atom stereocenters. The van der Waals surface area contributed by atoms with Gasteiger partial charge in [-0.05, 0) is 46.9 Å². The Bertz CT molecular complexity index is 369. The van der Waals surface area contributed by atoms with E-state index >= 15 is 0 Å². The number of pyridine rings is 1. The predicted octanol–water partition coefficient (Wildman–Crippen LogP) is 4.23. The zero-order chi connectivity index (χ0) is 13.6. The fourth-order valence-corrected chi connectivity index (χ4v) is 2.14. The molecule has 1 aromatic rings. The van der Waals surface area contributed by atoms with Crippen LogP contribution in [-0.4, -0.2) is 17.7 Å². The van der Waals surface area contributed by atoms with Gasteiger partial charge < -0.3 is 5.32 Å². The van der Waals surface area contributed by atoms with Crippen molar-refractivity contribution in [3.63, 3.8) is 0 Å². The Morgan fingerprint density at radius 3 is 2.67 bits per heavy atom. The largest absolute Gasteiger partial charge is 0.389 e. The second kappa shape index (κ2) is 7.09. The lowest BCUT2D eigenvalue weighted by Gasteiger charge is -2.18. The topological polar surface area (TPSA) is 24.9 Å². The van der Waals surface area contributed by atoms with Crippen molar-refractivity contribution in [1.82, 2.24) is 10.3 Å². The maximum Gasteiger partial charge on any atom is 0.389 e. The van der Waals surface area contributed by atoms with Crippen molar-refractivity contribution in [2.75, 3.05) is 6.54 Å². The Labute approximate surface area is 113 Å². The Morgan fingerprint density at radius 1 is 1.39 bits per heavy atom. The lowest BCUT2D eigenvalue weighted by atomic mass is 10.0. The van der Waals surface area contributed by atoms with Gasteiger partial charge in [0.2, 0.25) is 0 Å². The number of aromatic nitrogens is 1. The van der Waals surface area contributed by atoms with Crippen LogP contribution in [0.5, 0.6) is 0 Å². The summed E-state index contributed by atoms with van der Waals surface area (Å²) >= 11 is 3.31. The number of rotatable bonds is 6. The molecule has 0 bridgehead atoms. The van der Waals surface area contributed by atoms with E-state index in [1.165, 1.54) is 0 Å². The normalized spacial score (nSPS) is 13.6. The summed E-state index contributed by atoms with van der Waals surface area (Å²) < 4.78 is 37.2. The second-order valence-corrected chi connectivity index (χ2v) is 4.97. The molecule has 0 saturated heterocycles. The van der Waals surface area contributed by atoms with Gasteiger partial charge in [0.25, 0.3) is 0 Å². The van der Waals surface area contributed by atoms with Crippen LogP contribution in [0.2, 0.25) is 0 Å². The molecule has 0 aliphatic rings. The van der Waals surface area contributed by atoms with Crippen LogP contribution in [0.4, 0.5) is 13.2 Å². The molecule has 0 radical (unpaired) electrons. The van der Waals surface area contributed by atoms with Crippen LogP contribution >= 0.6 is 15.9 Å². The molecule has 0 aromatic carbocycles. The Morgan fingerprint density at radius 2 is 2.11 bits per heavy atom. The van der Waals surface area contributed by atoms with E-state index in [0.717, 1.165) is 10.0 Å². The molecule has 2 nitrogen and oxygen atoms in total. The van der Waals surface area contributed by atoms with Crippen molar-refractivity contribution in [2.45, 2.75) is 38.4 Å². The molecule has 0 fully saturated rings. The molecule has 1 rings (SSSR count). The molecular weight excluding hydrogens is 309 g/mol. The van der Waals surface area contributed by atoms with Crippen LogP contribution in [-0.2, 0) is 0 Å². The van der Waals surface area contributed by atoms with Gasteiger partial charge in [0.15, 0.2) is 0 Å². The number of alkyl halides is 3. The van der Waals surface area contributed by atoms with E-state index in [-0.39, 0.29) is 12.5 Å². The van der Waals surface area contributed by atoms with Crippen LogP contribution in [0.3, 0.4) is 0 Å². The average Bonchev–Trinajstić information content (AvgIpc) is 2.26. The van der Waals surface area contributed by atoms with E-state index in [2.05, 4.69) is 26.2 Å². The first-order chi connectivity index (χ1) is 8.42. The van der Waals surface area contributed by atoms with Gasteiger partial charge in [-0.15, -0.1) is 0 Å². The smallest absolute Gasteiger partial charge is 0.310 e. The van der Waals surface area contributed by atoms with E-state index in [4.69, 9.17) is 0 Å². The number of nitrogens with zero attached hydrogens (tertiary/aromatic N) is 1. The van der Waals surface area contributed by atoms with Crippen molar-refractivity contribution in [1.29, 1.82) is 0 Å². The summed E-state index contributed by atoms with van der Waals surface area (Å²) in [6.07, 6.45) is -0.907. The molecule has 1 N–H and O–H groups in total. The molecule has 0 aliphatic heterocycles. The first kappa shape index (κ1) is 15.4. The van der Waals surface area contributed by atoms with E-state index < -0.39 is 12.6 Å². The lowest BCUT2D eigenvalue weighted by molar-refractivity contribution is -0.135. The summed E-state index contributed by atoms with van der Waals surface area (Å²) in [7, 11) is 0. The van der Waals surface area contributed by atoms with Gasteiger partial charge >= 0.3 is 6.18 Å². The maximum atomic E-state index is 12.1. The molecule has 102 valence electrons. The van der Waals surface area contributed by atoms with Crippen LogP contribution in [0.1, 0.15) is 37.8 Å². The number of hydrogen-bond acceptors (Lipinski definition) is 2. The van der Waals surface area contributed by atoms with Gasteiger partial charge in [-0.3, -0.25) is 4.98 Å². The molecule has 0 saturated carbocycles. The minimum atomic E-state index is -4.08. The highest BCUT2D eigenvalue weighted by Gasteiger charge is 2.26. The summed E-state index contributed by atoms with van der Waals surface area (Å²) in [5, 5.41) is 3.18. The molecular formula is C12H16BrF3N2. The summed E-state index contributed by atoms with van der Waals surface area (Å²) in [4.78, 5) is 4.04. The fraction of sp³-hybridized carbons (Fsp3) is 0.583.